The summed E-state index contributed by atoms with van der Waals surface area (Å²) >= 11 is 0. The van der Waals surface area contributed by atoms with E-state index in [0.717, 1.165) is 42.5 Å². The van der Waals surface area contributed by atoms with Crippen molar-refractivity contribution in [3.8, 4) is 0 Å². The molecular formula is C20H32N2O3. The lowest BCUT2D eigenvalue weighted by molar-refractivity contribution is 0.0654. The lowest BCUT2D eigenvalue weighted by atomic mass is 9.86. The molecule has 2 N–H and O–H groups in total. The van der Waals surface area contributed by atoms with Crippen molar-refractivity contribution < 1.29 is 14.6 Å². The minimum absolute atomic E-state index is 0.0718. The highest BCUT2D eigenvalue weighted by atomic mass is 16.5. The fourth-order valence-corrected chi connectivity index (χ4v) is 3.32. The Hall–Kier alpha value is -1.59. The van der Waals surface area contributed by atoms with Crippen LogP contribution in [0.25, 0.3) is 0 Å². The standard InChI is InChI=1S/C20H32N2O3/c1-14(2)25-13-17-6-5-7-19(15(17)3)21-20(24)22(4)18-10-8-16(12-23)9-11-18/h5-7,14,16,18,23H,8-13H2,1-4H3,(H,21,24). The molecule has 5 nitrogen and oxygen atoms in total. The van der Waals surface area contributed by atoms with E-state index < -0.39 is 0 Å². The molecule has 0 aromatic heterocycles. The van der Waals surface area contributed by atoms with E-state index in [2.05, 4.69) is 5.32 Å². The number of rotatable bonds is 6. The van der Waals surface area contributed by atoms with Crippen LogP contribution in [0.3, 0.4) is 0 Å². The number of amides is 2. The molecule has 25 heavy (non-hydrogen) atoms. The fraction of sp³-hybridized carbons (Fsp3) is 0.650. The van der Waals surface area contributed by atoms with Crippen molar-refractivity contribution in [2.24, 2.45) is 5.92 Å². The van der Waals surface area contributed by atoms with Gasteiger partial charge >= 0.3 is 6.03 Å². The average Bonchev–Trinajstić information content (AvgIpc) is 2.61. The van der Waals surface area contributed by atoms with Gasteiger partial charge in [-0.2, -0.15) is 0 Å². The number of carbonyl (C=O) groups excluding carboxylic acids is 1. The summed E-state index contributed by atoms with van der Waals surface area (Å²) < 4.78 is 5.69. The molecule has 2 amide bonds. The largest absolute Gasteiger partial charge is 0.396 e. The molecule has 0 saturated heterocycles. The Labute approximate surface area is 151 Å². The van der Waals surface area contributed by atoms with Gasteiger partial charge in [0.25, 0.3) is 0 Å². The number of aliphatic hydroxyl groups is 1. The van der Waals surface area contributed by atoms with Gasteiger partial charge in [0.15, 0.2) is 0 Å². The molecule has 0 spiro atoms. The lowest BCUT2D eigenvalue weighted by Gasteiger charge is -2.34. The van der Waals surface area contributed by atoms with E-state index in [1.165, 1.54) is 0 Å². The number of carbonyl (C=O) groups is 1. The van der Waals surface area contributed by atoms with Gasteiger partial charge in [0, 0.05) is 25.4 Å². The van der Waals surface area contributed by atoms with Crippen molar-refractivity contribution >= 4 is 11.7 Å². The van der Waals surface area contributed by atoms with Crippen LogP contribution in [-0.2, 0) is 11.3 Å². The molecule has 0 radical (unpaired) electrons. The second kappa shape index (κ2) is 9.20. The van der Waals surface area contributed by atoms with Crippen LogP contribution in [0.4, 0.5) is 10.5 Å². The van der Waals surface area contributed by atoms with Crippen molar-refractivity contribution in [2.75, 3.05) is 19.0 Å². The number of anilines is 1. The predicted molar refractivity (Wildman–Crippen MR) is 101 cm³/mol. The molecule has 0 bridgehead atoms. The first-order valence-corrected chi connectivity index (χ1v) is 9.27. The summed E-state index contributed by atoms with van der Waals surface area (Å²) in [6.45, 7) is 6.85. The summed E-state index contributed by atoms with van der Waals surface area (Å²) in [6.07, 6.45) is 4.06. The lowest BCUT2D eigenvalue weighted by Crippen LogP contribution is -2.42. The molecule has 1 saturated carbocycles. The van der Waals surface area contributed by atoms with Gasteiger partial charge < -0.3 is 20.1 Å². The highest BCUT2D eigenvalue weighted by Crippen LogP contribution is 2.27. The minimum atomic E-state index is -0.0718. The maximum Gasteiger partial charge on any atom is 0.321 e. The third-order valence-electron chi connectivity index (χ3n) is 5.20. The zero-order chi connectivity index (χ0) is 18.4. The van der Waals surface area contributed by atoms with Gasteiger partial charge in [0.2, 0.25) is 0 Å². The summed E-state index contributed by atoms with van der Waals surface area (Å²) in [4.78, 5) is 14.4. The van der Waals surface area contributed by atoms with Crippen LogP contribution < -0.4 is 5.32 Å². The van der Waals surface area contributed by atoms with Gasteiger partial charge in [0.05, 0.1) is 12.7 Å². The number of nitrogens with zero attached hydrogens (tertiary/aromatic N) is 1. The highest BCUT2D eigenvalue weighted by Gasteiger charge is 2.26. The number of hydrogen-bond donors (Lipinski definition) is 2. The molecule has 1 fully saturated rings. The normalized spacial score (nSPS) is 20.6. The van der Waals surface area contributed by atoms with Crippen LogP contribution in [0.2, 0.25) is 0 Å². The first kappa shape index (κ1) is 19.7. The molecule has 1 aliphatic carbocycles. The van der Waals surface area contributed by atoms with Gasteiger partial charge in [-0.25, -0.2) is 4.79 Å². The Morgan fingerprint density at radius 1 is 1.32 bits per heavy atom. The quantitative estimate of drug-likeness (QED) is 0.819. The zero-order valence-electron chi connectivity index (χ0n) is 15.9. The molecule has 140 valence electrons. The Morgan fingerprint density at radius 2 is 2.00 bits per heavy atom. The van der Waals surface area contributed by atoms with Crippen LogP contribution in [0, 0.1) is 12.8 Å². The molecule has 1 aliphatic rings. The molecule has 0 heterocycles. The van der Waals surface area contributed by atoms with Gasteiger partial charge in [-0.05, 0) is 69.6 Å². The smallest absolute Gasteiger partial charge is 0.321 e. The summed E-state index contributed by atoms with van der Waals surface area (Å²) in [6, 6.07) is 6.09. The number of urea groups is 1. The van der Waals surface area contributed by atoms with Crippen molar-refractivity contribution in [3.05, 3.63) is 29.3 Å². The third kappa shape index (κ3) is 5.44. The van der Waals surface area contributed by atoms with E-state index in [4.69, 9.17) is 4.74 Å². The summed E-state index contributed by atoms with van der Waals surface area (Å²) in [7, 11) is 1.86. The van der Waals surface area contributed by atoms with Crippen molar-refractivity contribution in [1.29, 1.82) is 0 Å². The van der Waals surface area contributed by atoms with E-state index in [1.54, 1.807) is 0 Å². The number of nitrogens with one attached hydrogen (secondary N) is 1. The van der Waals surface area contributed by atoms with E-state index in [9.17, 15) is 9.90 Å². The van der Waals surface area contributed by atoms with Crippen LogP contribution in [-0.4, -0.2) is 41.8 Å². The SMILES string of the molecule is Cc1c(COC(C)C)cccc1NC(=O)N(C)C1CCC(CO)CC1. The molecule has 1 aromatic carbocycles. The first-order chi connectivity index (χ1) is 11.9. The average molecular weight is 348 g/mol. The van der Waals surface area contributed by atoms with E-state index >= 15 is 0 Å². The van der Waals surface area contributed by atoms with Gasteiger partial charge in [-0.3, -0.25) is 0 Å². The van der Waals surface area contributed by atoms with Crippen molar-refractivity contribution in [1.82, 2.24) is 4.90 Å². The first-order valence-electron chi connectivity index (χ1n) is 9.27. The van der Waals surface area contributed by atoms with Crippen LogP contribution >= 0.6 is 0 Å². The van der Waals surface area contributed by atoms with Gasteiger partial charge in [-0.15, -0.1) is 0 Å². The molecular weight excluding hydrogens is 316 g/mol. The monoisotopic (exact) mass is 348 g/mol. The third-order valence-corrected chi connectivity index (χ3v) is 5.20. The maximum atomic E-state index is 12.6. The van der Waals surface area contributed by atoms with Gasteiger partial charge in [0.1, 0.15) is 0 Å². The Balaban J connectivity index is 1.96. The van der Waals surface area contributed by atoms with Crippen LogP contribution in [0.1, 0.15) is 50.7 Å². The zero-order valence-corrected chi connectivity index (χ0v) is 15.9. The second-order valence-electron chi connectivity index (χ2n) is 7.35. The number of aliphatic hydroxyl groups excluding tert-OH is 1. The van der Waals surface area contributed by atoms with Crippen LogP contribution in [0.15, 0.2) is 18.2 Å². The number of benzene rings is 1. The summed E-state index contributed by atoms with van der Waals surface area (Å²) in [5, 5.41) is 12.3. The molecule has 0 atom stereocenters. The Morgan fingerprint density at radius 3 is 2.60 bits per heavy atom. The fourth-order valence-electron chi connectivity index (χ4n) is 3.32. The molecule has 0 aliphatic heterocycles. The summed E-state index contributed by atoms with van der Waals surface area (Å²) in [5.74, 6) is 0.396. The van der Waals surface area contributed by atoms with Crippen molar-refractivity contribution in [2.45, 2.75) is 65.2 Å². The maximum absolute atomic E-state index is 12.6. The predicted octanol–water partition coefficient (Wildman–Crippen LogP) is 3.93. The second-order valence-corrected chi connectivity index (χ2v) is 7.35. The van der Waals surface area contributed by atoms with Crippen LogP contribution in [0.5, 0.6) is 0 Å². The topological polar surface area (TPSA) is 61.8 Å². The number of ether oxygens (including phenoxy) is 1. The van der Waals surface area contributed by atoms with E-state index in [-0.39, 0.29) is 24.8 Å². The Kier molecular flexibility index (Phi) is 7.26. The van der Waals surface area contributed by atoms with Gasteiger partial charge in [-0.1, -0.05) is 12.1 Å². The number of hydrogen-bond acceptors (Lipinski definition) is 3. The van der Waals surface area contributed by atoms with E-state index in [0.29, 0.717) is 12.5 Å². The van der Waals surface area contributed by atoms with Crippen molar-refractivity contribution in [3.63, 3.8) is 0 Å². The minimum Gasteiger partial charge on any atom is -0.396 e. The molecule has 1 aromatic rings. The van der Waals surface area contributed by atoms with E-state index in [1.807, 2.05) is 50.9 Å². The highest BCUT2D eigenvalue weighted by molar-refractivity contribution is 5.90. The molecule has 5 heteroatoms. The molecule has 0 unspecified atom stereocenters. The molecule has 2 rings (SSSR count). The summed E-state index contributed by atoms with van der Waals surface area (Å²) in [5.41, 5.74) is 2.98. The Bertz CT molecular complexity index is 566.